The molecule has 0 fully saturated rings. The molecule has 1 unspecified atom stereocenters. The number of allylic oxidation sites excluding steroid dienone is 1. The molecule has 0 aliphatic carbocycles. The van der Waals surface area contributed by atoms with Crippen molar-refractivity contribution in [1.29, 1.82) is 0 Å². The van der Waals surface area contributed by atoms with E-state index in [0.29, 0.717) is 10.9 Å². The lowest BCUT2D eigenvalue weighted by Crippen LogP contribution is -2.18. The van der Waals surface area contributed by atoms with E-state index in [-0.39, 0.29) is 0 Å². The van der Waals surface area contributed by atoms with Gasteiger partial charge in [-0.05, 0) is 61.2 Å². The summed E-state index contributed by atoms with van der Waals surface area (Å²) in [6, 6.07) is 18.3. The molecular formula is C24H22ClN3. The quantitative estimate of drug-likeness (QED) is 0.548. The van der Waals surface area contributed by atoms with Crippen LogP contribution >= 0.6 is 11.6 Å². The van der Waals surface area contributed by atoms with Crippen LogP contribution in [0.15, 0.2) is 78.1 Å². The van der Waals surface area contributed by atoms with Crippen LogP contribution in [0.5, 0.6) is 0 Å². The maximum absolute atomic E-state index is 6.35. The molecule has 1 aromatic heterocycles. The van der Waals surface area contributed by atoms with Gasteiger partial charge >= 0.3 is 0 Å². The minimum Gasteiger partial charge on any atom is -0.340 e. The molecule has 3 aromatic rings. The summed E-state index contributed by atoms with van der Waals surface area (Å²) in [7, 11) is 0. The SMILES string of the molecule is Cc1ccc(NC2=NC(c3cccnc3)=CCC(C)c3ccc(Cl)cc32)cc1. The van der Waals surface area contributed by atoms with Crippen LogP contribution in [-0.4, -0.2) is 10.8 Å². The third kappa shape index (κ3) is 4.00. The number of aryl methyl sites for hydroxylation is 1. The molecule has 4 rings (SSSR count). The molecular weight excluding hydrogens is 366 g/mol. The Balaban J connectivity index is 1.85. The summed E-state index contributed by atoms with van der Waals surface area (Å²) >= 11 is 6.35. The van der Waals surface area contributed by atoms with E-state index < -0.39 is 0 Å². The molecule has 1 aliphatic rings. The van der Waals surface area contributed by atoms with Gasteiger partial charge in [0.2, 0.25) is 0 Å². The zero-order valence-corrected chi connectivity index (χ0v) is 16.7. The number of aromatic nitrogens is 1. The van der Waals surface area contributed by atoms with Gasteiger partial charge in [0.1, 0.15) is 5.84 Å². The van der Waals surface area contributed by atoms with Crippen molar-refractivity contribution in [2.45, 2.75) is 26.2 Å². The van der Waals surface area contributed by atoms with E-state index >= 15 is 0 Å². The Morgan fingerprint density at radius 2 is 1.89 bits per heavy atom. The maximum Gasteiger partial charge on any atom is 0.138 e. The molecule has 0 bridgehead atoms. The zero-order chi connectivity index (χ0) is 19.5. The van der Waals surface area contributed by atoms with Crippen LogP contribution in [0, 0.1) is 6.92 Å². The van der Waals surface area contributed by atoms with E-state index in [1.54, 1.807) is 6.20 Å². The smallest absolute Gasteiger partial charge is 0.138 e. The summed E-state index contributed by atoms with van der Waals surface area (Å²) in [6.45, 7) is 4.32. The third-order valence-electron chi connectivity index (χ3n) is 4.97. The number of hydrogen-bond donors (Lipinski definition) is 1. The van der Waals surface area contributed by atoms with Crippen molar-refractivity contribution in [3.05, 3.63) is 100 Å². The van der Waals surface area contributed by atoms with Crippen molar-refractivity contribution < 1.29 is 0 Å². The highest BCUT2D eigenvalue weighted by Gasteiger charge is 2.19. The highest BCUT2D eigenvalue weighted by Crippen LogP contribution is 2.32. The zero-order valence-electron chi connectivity index (χ0n) is 16.0. The lowest BCUT2D eigenvalue weighted by Gasteiger charge is -2.21. The van der Waals surface area contributed by atoms with Gasteiger partial charge in [-0.15, -0.1) is 0 Å². The molecule has 140 valence electrons. The Morgan fingerprint density at radius 1 is 1.07 bits per heavy atom. The van der Waals surface area contributed by atoms with Crippen LogP contribution in [0.4, 0.5) is 5.69 Å². The Kier molecular flexibility index (Phi) is 5.27. The molecule has 0 spiro atoms. The second kappa shape index (κ2) is 7.99. The second-order valence-electron chi connectivity index (χ2n) is 7.15. The van der Waals surface area contributed by atoms with Gasteiger partial charge in [-0.3, -0.25) is 4.98 Å². The number of nitrogens with zero attached hydrogens (tertiary/aromatic N) is 2. The normalized spacial score (nSPS) is 16.3. The second-order valence-corrected chi connectivity index (χ2v) is 7.59. The summed E-state index contributed by atoms with van der Waals surface area (Å²) in [6.07, 6.45) is 6.72. The summed E-state index contributed by atoms with van der Waals surface area (Å²) < 4.78 is 0. The molecule has 0 saturated heterocycles. The Labute approximate surface area is 170 Å². The topological polar surface area (TPSA) is 37.3 Å². The first-order valence-corrected chi connectivity index (χ1v) is 9.81. The molecule has 28 heavy (non-hydrogen) atoms. The Bertz CT molecular complexity index is 1040. The molecule has 1 aliphatic heterocycles. The molecule has 0 radical (unpaired) electrons. The lowest BCUT2D eigenvalue weighted by atomic mass is 9.90. The van der Waals surface area contributed by atoms with E-state index in [0.717, 1.165) is 34.8 Å². The summed E-state index contributed by atoms with van der Waals surface area (Å²) in [5.41, 5.74) is 6.41. The van der Waals surface area contributed by atoms with E-state index in [2.05, 4.69) is 60.6 Å². The summed E-state index contributed by atoms with van der Waals surface area (Å²) in [5.74, 6) is 1.15. The van der Waals surface area contributed by atoms with E-state index in [1.165, 1.54) is 11.1 Å². The minimum atomic E-state index is 0.351. The van der Waals surface area contributed by atoms with Gasteiger partial charge in [0.15, 0.2) is 0 Å². The van der Waals surface area contributed by atoms with E-state index in [4.69, 9.17) is 16.6 Å². The summed E-state index contributed by atoms with van der Waals surface area (Å²) in [5, 5.41) is 4.22. The van der Waals surface area contributed by atoms with Gasteiger partial charge in [-0.1, -0.05) is 48.4 Å². The lowest BCUT2D eigenvalue weighted by molar-refractivity contribution is 0.777. The largest absolute Gasteiger partial charge is 0.340 e. The number of rotatable bonds is 2. The predicted molar refractivity (Wildman–Crippen MR) is 118 cm³/mol. The van der Waals surface area contributed by atoms with Crippen molar-refractivity contribution in [3.63, 3.8) is 0 Å². The van der Waals surface area contributed by atoms with Crippen LogP contribution in [0.3, 0.4) is 0 Å². The van der Waals surface area contributed by atoms with Crippen LogP contribution in [0.25, 0.3) is 5.70 Å². The number of halogens is 1. The predicted octanol–water partition coefficient (Wildman–Crippen LogP) is 6.45. The maximum atomic E-state index is 6.35. The standard InChI is InChI=1S/C24H22ClN3/c1-16-5-9-20(10-6-16)27-24-22-14-19(25)8-11-21(22)17(2)7-12-23(28-24)18-4-3-13-26-15-18/h3-6,8-15,17H,7H2,1-2H3,(H,27,28). The van der Waals surface area contributed by atoms with Crippen molar-refractivity contribution in [3.8, 4) is 0 Å². The molecule has 0 saturated carbocycles. The van der Waals surface area contributed by atoms with Crippen molar-refractivity contribution in [1.82, 2.24) is 4.98 Å². The molecule has 3 nitrogen and oxygen atoms in total. The number of hydrogen-bond acceptors (Lipinski definition) is 3. The average Bonchev–Trinajstić information content (AvgIpc) is 2.71. The fourth-order valence-corrected chi connectivity index (χ4v) is 3.54. The van der Waals surface area contributed by atoms with Crippen LogP contribution in [-0.2, 0) is 0 Å². The van der Waals surface area contributed by atoms with Crippen molar-refractivity contribution in [2.75, 3.05) is 5.32 Å². The monoisotopic (exact) mass is 387 g/mol. The van der Waals surface area contributed by atoms with Gasteiger partial charge in [0, 0.05) is 34.2 Å². The number of fused-ring (bicyclic) bond motifs is 1. The molecule has 1 atom stereocenters. The molecule has 2 heterocycles. The number of anilines is 1. The van der Waals surface area contributed by atoms with Gasteiger partial charge < -0.3 is 5.32 Å². The summed E-state index contributed by atoms with van der Waals surface area (Å²) in [4.78, 5) is 9.27. The first kappa shape index (κ1) is 18.5. The first-order valence-electron chi connectivity index (χ1n) is 9.43. The van der Waals surface area contributed by atoms with Crippen molar-refractivity contribution >= 4 is 28.8 Å². The van der Waals surface area contributed by atoms with Gasteiger partial charge in [0.05, 0.1) is 5.70 Å². The molecule has 1 N–H and O–H groups in total. The highest BCUT2D eigenvalue weighted by atomic mass is 35.5. The fourth-order valence-electron chi connectivity index (χ4n) is 3.37. The molecule has 4 heteroatoms. The Hall–Kier alpha value is -2.91. The van der Waals surface area contributed by atoms with E-state index in [9.17, 15) is 0 Å². The number of pyridine rings is 1. The molecule has 2 aromatic carbocycles. The third-order valence-corrected chi connectivity index (χ3v) is 5.21. The number of aliphatic imine (C=N–C) groups is 1. The first-order chi connectivity index (χ1) is 13.6. The van der Waals surface area contributed by atoms with Gasteiger partial charge in [0.25, 0.3) is 0 Å². The van der Waals surface area contributed by atoms with Gasteiger partial charge in [-0.25, -0.2) is 4.99 Å². The van der Waals surface area contributed by atoms with Crippen LogP contribution < -0.4 is 5.32 Å². The van der Waals surface area contributed by atoms with Crippen LogP contribution in [0.2, 0.25) is 5.02 Å². The average molecular weight is 388 g/mol. The number of benzene rings is 2. The van der Waals surface area contributed by atoms with E-state index in [1.807, 2.05) is 30.5 Å². The number of nitrogens with one attached hydrogen (secondary N) is 1. The minimum absolute atomic E-state index is 0.351. The van der Waals surface area contributed by atoms with Gasteiger partial charge in [-0.2, -0.15) is 0 Å². The Morgan fingerprint density at radius 3 is 2.64 bits per heavy atom. The number of amidine groups is 1. The van der Waals surface area contributed by atoms with Crippen LogP contribution in [0.1, 0.15) is 41.5 Å². The molecule has 0 amide bonds. The highest BCUT2D eigenvalue weighted by molar-refractivity contribution is 6.31. The van der Waals surface area contributed by atoms with Crippen molar-refractivity contribution in [2.24, 2.45) is 4.99 Å². The fraction of sp³-hybridized carbons (Fsp3) is 0.167.